The van der Waals surface area contributed by atoms with E-state index < -0.39 is 0 Å². The lowest BCUT2D eigenvalue weighted by atomic mass is 10.2. The highest BCUT2D eigenvalue weighted by Crippen LogP contribution is 2.34. The molecule has 0 unspecified atom stereocenters. The minimum Gasteiger partial charge on any atom is -0.493 e. The highest BCUT2D eigenvalue weighted by Gasteiger charge is 2.09. The summed E-state index contributed by atoms with van der Waals surface area (Å²) in [5.74, 6) is 0.837. The van der Waals surface area contributed by atoms with Crippen LogP contribution >= 0.6 is 38.5 Å². The van der Waals surface area contributed by atoms with Crippen LogP contribution in [0.25, 0.3) is 10.9 Å². The fourth-order valence-corrected chi connectivity index (χ4v) is 3.10. The van der Waals surface area contributed by atoms with Crippen molar-refractivity contribution in [2.75, 3.05) is 7.11 Å². The van der Waals surface area contributed by atoms with Crippen molar-refractivity contribution in [2.24, 2.45) is 0 Å². The lowest BCUT2D eigenvalue weighted by Crippen LogP contribution is -1.91. The minimum absolute atomic E-state index is 0.837. The predicted octanol–water partition coefficient (Wildman–Crippen LogP) is 3.61. The zero-order valence-corrected chi connectivity index (χ0v) is 11.2. The van der Waals surface area contributed by atoms with E-state index >= 15 is 0 Å². The first kappa shape index (κ1) is 10.2. The van der Waals surface area contributed by atoms with Gasteiger partial charge in [-0.2, -0.15) is 0 Å². The molecule has 0 radical (unpaired) electrons. The Morgan fingerprint density at radius 3 is 3.00 bits per heavy atom. The van der Waals surface area contributed by atoms with Crippen LogP contribution < -0.4 is 4.74 Å². The SMILES string of the molecule is COc1c(I)cc(Br)c2cccnc12. The van der Waals surface area contributed by atoms with Crippen molar-refractivity contribution in [3.63, 3.8) is 0 Å². The number of methoxy groups -OCH3 is 1. The van der Waals surface area contributed by atoms with Gasteiger partial charge in [-0.25, -0.2) is 0 Å². The third-order valence-electron chi connectivity index (χ3n) is 1.95. The number of halogens is 2. The first-order valence-electron chi connectivity index (χ1n) is 4.00. The lowest BCUT2D eigenvalue weighted by Gasteiger charge is -2.08. The summed E-state index contributed by atoms with van der Waals surface area (Å²) in [6, 6.07) is 5.97. The molecule has 72 valence electrons. The third kappa shape index (κ3) is 1.61. The highest BCUT2D eigenvalue weighted by atomic mass is 127. The van der Waals surface area contributed by atoms with Gasteiger partial charge in [0.05, 0.1) is 10.7 Å². The van der Waals surface area contributed by atoms with Gasteiger partial charge >= 0.3 is 0 Å². The molecule has 2 rings (SSSR count). The standard InChI is InChI=1S/C10H7BrINO/c1-14-10-8(12)5-7(11)6-3-2-4-13-9(6)10/h2-5H,1H3. The number of nitrogens with zero attached hydrogens (tertiary/aromatic N) is 1. The van der Waals surface area contributed by atoms with Gasteiger partial charge in [0.2, 0.25) is 0 Å². The van der Waals surface area contributed by atoms with Gasteiger partial charge in [0, 0.05) is 16.1 Å². The minimum atomic E-state index is 0.837. The molecule has 1 aromatic heterocycles. The van der Waals surface area contributed by atoms with Gasteiger partial charge in [0.25, 0.3) is 0 Å². The van der Waals surface area contributed by atoms with Crippen molar-refractivity contribution in [3.05, 3.63) is 32.4 Å². The number of pyridine rings is 1. The molecule has 0 fully saturated rings. The molecule has 0 atom stereocenters. The number of hydrogen-bond donors (Lipinski definition) is 0. The van der Waals surface area contributed by atoms with E-state index in [1.807, 2.05) is 18.2 Å². The van der Waals surface area contributed by atoms with Gasteiger partial charge in [0.15, 0.2) is 5.75 Å². The van der Waals surface area contributed by atoms with Gasteiger partial charge < -0.3 is 4.74 Å². The molecule has 0 spiro atoms. The number of fused-ring (bicyclic) bond motifs is 1. The van der Waals surface area contributed by atoms with E-state index in [9.17, 15) is 0 Å². The molecule has 0 saturated carbocycles. The van der Waals surface area contributed by atoms with Gasteiger partial charge in [0.1, 0.15) is 5.52 Å². The van der Waals surface area contributed by atoms with Crippen LogP contribution in [-0.4, -0.2) is 12.1 Å². The molecule has 0 N–H and O–H groups in total. The van der Waals surface area contributed by atoms with E-state index in [0.29, 0.717) is 0 Å². The third-order valence-corrected chi connectivity index (χ3v) is 3.41. The molecule has 2 aromatic rings. The molecule has 0 saturated heterocycles. The van der Waals surface area contributed by atoms with E-state index in [0.717, 1.165) is 24.7 Å². The fraction of sp³-hybridized carbons (Fsp3) is 0.100. The molecule has 1 heterocycles. The molecular formula is C10H7BrINO. The van der Waals surface area contributed by atoms with Gasteiger partial charge in [-0.1, -0.05) is 22.0 Å². The molecule has 2 nitrogen and oxygen atoms in total. The lowest BCUT2D eigenvalue weighted by molar-refractivity contribution is 0.416. The van der Waals surface area contributed by atoms with Gasteiger partial charge in [-0.3, -0.25) is 4.98 Å². The topological polar surface area (TPSA) is 22.1 Å². The van der Waals surface area contributed by atoms with Crippen LogP contribution in [0.5, 0.6) is 5.75 Å². The van der Waals surface area contributed by atoms with Gasteiger partial charge in [-0.05, 0) is 34.7 Å². The number of benzene rings is 1. The van der Waals surface area contributed by atoms with E-state index in [1.165, 1.54) is 0 Å². The number of rotatable bonds is 1. The Morgan fingerprint density at radius 2 is 2.29 bits per heavy atom. The van der Waals surface area contributed by atoms with Crippen molar-refractivity contribution in [1.29, 1.82) is 0 Å². The summed E-state index contributed by atoms with van der Waals surface area (Å²) < 4.78 is 7.43. The van der Waals surface area contributed by atoms with Crippen molar-refractivity contribution in [2.45, 2.75) is 0 Å². The maximum atomic E-state index is 5.32. The number of ether oxygens (including phenoxy) is 1. The molecule has 0 amide bonds. The van der Waals surface area contributed by atoms with Crippen LogP contribution in [-0.2, 0) is 0 Å². The van der Waals surface area contributed by atoms with Crippen molar-refractivity contribution < 1.29 is 4.74 Å². The quantitative estimate of drug-likeness (QED) is 0.722. The maximum Gasteiger partial charge on any atom is 0.158 e. The highest BCUT2D eigenvalue weighted by molar-refractivity contribution is 14.1. The first-order chi connectivity index (χ1) is 6.74. The van der Waals surface area contributed by atoms with Gasteiger partial charge in [-0.15, -0.1) is 0 Å². The largest absolute Gasteiger partial charge is 0.493 e. The first-order valence-corrected chi connectivity index (χ1v) is 5.88. The molecule has 1 aromatic carbocycles. The summed E-state index contributed by atoms with van der Waals surface area (Å²) in [4.78, 5) is 4.31. The van der Waals surface area contributed by atoms with Crippen LogP contribution in [0.3, 0.4) is 0 Å². The van der Waals surface area contributed by atoms with Crippen LogP contribution in [0.15, 0.2) is 28.9 Å². The summed E-state index contributed by atoms with van der Waals surface area (Å²) in [6.45, 7) is 0. The summed E-state index contributed by atoms with van der Waals surface area (Å²) in [6.07, 6.45) is 1.77. The number of hydrogen-bond acceptors (Lipinski definition) is 2. The van der Waals surface area contributed by atoms with E-state index in [1.54, 1.807) is 13.3 Å². The molecule has 14 heavy (non-hydrogen) atoms. The smallest absolute Gasteiger partial charge is 0.158 e. The van der Waals surface area contributed by atoms with Crippen LogP contribution in [0.1, 0.15) is 0 Å². The summed E-state index contributed by atoms with van der Waals surface area (Å²) in [7, 11) is 1.67. The van der Waals surface area contributed by atoms with Crippen LogP contribution in [0.4, 0.5) is 0 Å². The second kappa shape index (κ2) is 4.02. The normalized spacial score (nSPS) is 10.5. The molecule has 0 aliphatic carbocycles. The Labute approximate surface area is 104 Å². The summed E-state index contributed by atoms with van der Waals surface area (Å²) >= 11 is 5.75. The average Bonchev–Trinajstić information content (AvgIpc) is 2.18. The zero-order chi connectivity index (χ0) is 10.1. The van der Waals surface area contributed by atoms with Crippen LogP contribution in [0.2, 0.25) is 0 Å². The average molecular weight is 364 g/mol. The molecule has 0 aliphatic heterocycles. The summed E-state index contributed by atoms with van der Waals surface area (Å²) in [5, 5.41) is 1.07. The Bertz CT molecular complexity index is 487. The molecule has 0 bridgehead atoms. The Balaban J connectivity index is 2.90. The molecular weight excluding hydrogens is 357 g/mol. The second-order valence-corrected chi connectivity index (χ2v) is 4.79. The molecule has 4 heteroatoms. The van der Waals surface area contributed by atoms with E-state index in [4.69, 9.17) is 4.74 Å². The van der Waals surface area contributed by atoms with Crippen molar-refractivity contribution >= 4 is 49.4 Å². The Morgan fingerprint density at radius 1 is 1.50 bits per heavy atom. The fourth-order valence-electron chi connectivity index (χ4n) is 1.34. The maximum absolute atomic E-state index is 5.32. The van der Waals surface area contributed by atoms with Crippen molar-refractivity contribution in [1.82, 2.24) is 4.98 Å². The predicted molar refractivity (Wildman–Crippen MR) is 68.7 cm³/mol. The Hall–Kier alpha value is -0.360. The van der Waals surface area contributed by atoms with E-state index in [2.05, 4.69) is 43.5 Å². The van der Waals surface area contributed by atoms with Crippen molar-refractivity contribution in [3.8, 4) is 5.75 Å². The zero-order valence-electron chi connectivity index (χ0n) is 7.42. The second-order valence-electron chi connectivity index (χ2n) is 2.77. The van der Waals surface area contributed by atoms with E-state index in [-0.39, 0.29) is 0 Å². The van der Waals surface area contributed by atoms with Crippen LogP contribution in [0, 0.1) is 3.57 Å². The number of aromatic nitrogens is 1. The molecule has 0 aliphatic rings. The Kier molecular flexibility index (Phi) is 2.92. The summed E-state index contributed by atoms with van der Waals surface area (Å²) in [5.41, 5.74) is 0.897. The monoisotopic (exact) mass is 363 g/mol.